The van der Waals surface area contributed by atoms with Crippen molar-refractivity contribution in [3.8, 4) is 0 Å². The second-order valence-electron chi connectivity index (χ2n) is 5.85. The van der Waals surface area contributed by atoms with Gasteiger partial charge in [0.25, 0.3) is 0 Å². The van der Waals surface area contributed by atoms with Crippen LogP contribution in [0.2, 0.25) is 0 Å². The van der Waals surface area contributed by atoms with Crippen LogP contribution in [0.25, 0.3) is 0 Å². The van der Waals surface area contributed by atoms with E-state index in [1.54, 1.807) is 12.1 Å². The molecule has 0 fully saturated rings. The Morgan fingerprint density at radius 1 is 1.09 bits per heavy atom. The quantitative estimate of drug-likeness (QED) is 0.785. The standard InChI is InChI=1S/C20H25NO2/c1-3-17(18-10-6-5-7-11-18)15-21(4-2)14-16-9-8-12-19(13-16)20(22)23/h5-13,17H,3-4,14-15H2,1-2H3,(H,22,23). The number of rotatable bonds is 8. The van der Waals surface area contributed by atoms with Crippen LogP contribution in [-0.4, -0.2) is 29.1 Å². The van der Waals surface area contributed by atoms with E-state index in [4.69, 9.17) is 5.11 Å². The Labute approximate surface area is 138 Å². The molecule has 0 aliphatic heterocycles. The molecular formula is C20H25NO2. The molecule has 0 saturated heterocycles. The first-order valence-corrected chi connectivity index (χ1v) is 8.23. The Morgan fingerprint density at radius 2 is 1.83 bits per heavy atom. The Balaban J connectivity index is 2.07. The average Bonchev–Trinajstić information content (AvgIpc) is 2.59. The molecule has 0 saturated carbocycles. The fourth-order valence-corrected chi connectivity index (χ4v) is 2.87. The molecule has 0 radical (unpaired) electrons. The largest absolute Gasteiger partial charge is 0.478 e. The minimum atomic E-state index is -0.870. The molecule has 1 unspecified atom stereocenters. The number of carboxylic acid groups (broad SMARTS) is 1. The molecule has 0 aromatic heterocycles. The number of benzene rings is 2. The third-order valence-electron chi connectivity index (χ3n) is 4.27. The van der Waals surface area contributed by atoms with Crippen LogP contribution in [0.1, 0.15) is 47.7 Å². The van der Waals surface area contributed by atoms with Crippen LogP contribution in [0.15, 0.2) is 54.6 Å². The molecule has 3 heteroatoms. The van der Waals surface area contributed by atoms with Crippen molar-refractivity contribution in [2.24, 2.45) is 0 Å². The maximum atomic E-state index is 11.1. The lowest BCUT2D eigenvalue weighted by molar-refractivity contribution is 0.0696. The Kier molecular flexibility index (Phi) is 6.36. The van der Waals surface area contributed by atoms with Crippen LogP contribution >= 0.6 is 0 Å². The van der Waals surface area contributed by atoms with Gasteiger partial charge in [-0.1, -0.05) is 56.3 Å². The SMILES string of the molecule is CCC(CN(CC)Cc1cccc(C(=O)O)c1)c1ccccc1. The molecule has 122 valence electrons. The van der Waals surface area contributed by atoms with Gasteiger partial charge in [0.15, 0.2) is 0 Å². The van der Waals surface area contributed by atoms with E-state index in [9.17, 15) is 4.79 Å². The van der Waals surface area contributed by atoms with E-state index in [-0.39, 0.29) is 0 Å². The highest BCUT2D eigenvalue weighted by atomic mass is 16.4. The molecule has 0 aliphatic carbocycles. The van der Waals surface area contributed by atoms with Gasteiger partial charge in [0.2, 0.25) is 0 Å². The first kappa shape index (κ1) is 17.2. The van der Waals surface area contributed by atoms with Gasteiger partial charge in [-0.25, -0.2) is 4.79 Å². The fraction of sp³-hybridized carbons (Fsp3) is 0.350. The zero-order chi connectivity index (χ0) is 16.7. The maximum Gasteiger partial charge on any atom is 0.335 e. The smallest absolute Gasteiger partial charge is 0.335 e. The Hall–Kier alpha value is -2.13. The molecule has 23 heavy (non-hydrogen) atoms. The predicted octanol–water partition coefficient (Wildman–Crippen LogP) is 4.40. The van der Waals surface area contributed by atoms with Gasteiger partial charge in [-0.3, -0.25) is 4.90 Å². The molecule has 1 N–H and O–H groups in total. The van der Waals surface area contributed by atoms with Gasteiger partial charge in [-0.05, 0) is 42.1 Å². The molecule has 3 nitrogen and oxygen atoms in total. The molecule has 1 atom stereocenters. The summed E-state index contributed by atoms with van der Waals surface area (Å²) in [4.78, 5) is 13.5. The van der Waals surface area contributed by atoms with Crippen molar-refractivity contribution in [3.05, 3.63) is 71.3 Å². The second kappa shape index (κ2) is 8.49. The maximum absolute atomic E-state index is 11.1. The van der Waals surface area contributed by atoms with Crippen LogP contribution in [-0.2, 0) is 6.54 Å². The molecule has 0 heterocycles. The summed E-state index contributed by atoms with van der Waals surface area (Å²) in [7, 11) is 0. The van der Waals surface area contributed by atoms with E-state index in [2.05, 4.69) is 43.0 Å². The van der Waals surface area contributed by atoms with Gasteiger partial charge in [-0.2, -0.15) is 0 Å². The van der Waals surface area contributed by atoms with E-state index in [1.807, 2.05) is 18.2 Å². The highest BCUT2D eigenvalue weighted by Gasteiger charge is 2.14. The molecular weight excluding hydrogens is 286 g/mol. The molecule has 0 bridgehead atoms. The van der Waals surface area contributed by atoms with E-state index in [0.717, 1.165) is 31.6 Å². The van der Waals surface area contributed by atoms with Crippen molar-refractivity contribution in [3.63, 3.8) is 0 Å². The van der Waals surface area contributed by atoms with Crippen molar-refractivity contribution >= 4 is 5.97 Å². The number of carbonyl (C=O) groups is 1. The molecule has 0 aliphatic rings. The Bertz CT molecular complexity index is 625. The highest BCUT2D eigenvalue weighted by molar-refractivity contribution is 5.87. The number of hydrogen-bond donors (Lipinski definition) is 1. The summed E-state index contributed by atoms with van der Waals surface area (Å²) < 4.78 is 0. The molecule has 0 amide bonds. The number of nitrogens with zero attached hydrogens (tertiary/aromatic N) is 1. The van der Waals surface area contributed by atoms with Crippen molar-refractivity contribution < 1.29 is 9.90 Å². The van der Waals surface area contributed by atoms with E-state index >= 15 is 0 Å². The fourth-order valence-electron chi connectivity index (χ4n) is 2.87. The zero-order valence-electron chi connectivity index (χ0n) is 13.9. The van der Waals surface area contributed by atoms with Gasteiger partial charge in [-0.15, -0.1) is 0 Å². The first-order chi connectivity index (χ1) is 11.1. The van der Waals surface area contributed by atoms with E-state index < -0.39 is 5.97 Å². The summed E-state index contributed by atoms with van der Waals surface area (Å²) in [5.74, 6) is -0.371. The lowest BCUT2D eigenvalue weighted by Crippen LogP contribution is -2.28. The summed E-state index contributed by atoms with van der Waals surface area (Å²) >= 11 is 0. The average molecular weight is 311 g/mol. The summed E-state index contributed by atoms with van der Waals surface area (Å²) in [6.07, 6.45) is 1.09. The lowest BCUT2D eigenvalue weighted by Gasteiger charge is -2.26. The summed E-state index contributed by atoms with van der Waals surface area (Å²) in [5.41, 5.74) is 2.77. The molecule has 2 aromatic rings. The minimum absolute atomic E-state index is 0.355. The van der Waals surface area contributed by atoms with Gasteiger partial charge in [0.05, 0.1) is 5.56 Å². The van der Waals surface area contributed by atoms with Gasteiger partial charge < -0.3 is 5.11 Å². The molecule has 2 aromatic carbocycles. The zero-order valence-corrected chi connectivity index (χ0v) is 13.9. The number of likely N-dealkylation sites (N-methyl/N-ethyl adjacent to an activating group) is 1. The normalized spacial score (nSPS) is 12.3. The van der Waals surface area contributed by atoms with Crippen molar-refractivity contribution in [1.82, 2.24) is 4.90 Å². The third-order valence-corrected chi connectivity index (χ3v) is 4.27. The predicted molar refractivity (Wildman–Crippen MR) is 93.8 cm³/mol. The van der Waals surface area contributed by atoms with Crippen LogP contribution in [0.3, 0.4) is 0 Å². The van der Waals surface area contributed by atoms with Gasteiger partial charge in [0, 0.05) is 13.1 Å². The van der Waals surface area contributed by atoms with Crippen molar-refractivity contribution in [2.75, 3.05) is 13.1 Å². The third kappa shape index (κ3) is 4.93. The first-order valence-electron chi connectivity index (χ1n) is 8.23. The molecule has 2 rings (SSSR count). The van der Waals surface area contributed by atoms with E-state index in [0.29, 0.717) is 11.5 Å². The van der Waals surface area contributed by atoms with Gasteiger partial charge >= 0.3 is 5.97 Å². The Morgan fingerprint density at radius 3 is 2.43 bits per heavy atom. The summed E-state index contributed by atoms with van der Waals surface area (Å²) in [5, 5.41) is 9.12. The molecule has 0 spiro atoms. The number of hydrogen-bond acceptors (Lipinski definition) is 2. The summed E-state index contributed by atoms with van der Waals surface area (Å²) in [6.45, 7) is 7.07. The van der Waals surface area contributed by atoms with Crippen LogP contribution < -0.4 is 0 Å². The van der Waals surface area contributed by atoms with Crippen molar-refractivity contribution in [2.45, 2.75) is 32.7 Å². The van der Waals surface area contributed by atoms with Crippen LogP contribution in [0.4, 0.5) is 0 Å². The van der Waals surface area contributed by atoms with Crippen molar-refractivity contribution in [1.29, 1.82) is 0 Å². The monoisotopic (exact) mass is 311 g/mol. The number of aromatic carboxylic acids is 1. The number of carboxylic acids is 1. The van der Waals surface area contributed by atoms with Crippen LogP contribution in [0.5, 0.6) is 0 Å². The minimum Gasteiger partial charge on any atom is -0.478 e. The van der Waals surface area contributed by atoms with Gasteiger partial charge in [0.1, 0.15) is 0 Å². The van der Waals surface area contributed by atoms with E-state index in [1.165, 1.54) is 5.56 Å². The topological polar surface area (TPSA) is 40.5 Å². The van der Waals surface area contributed by atoms with Crippen LogP contribution in [0, 0.1) is 0 Å². The summed E-state index contributed by atoms with van der Waals surface area (Å²) in [6, 6.07) is 17.8. The lowest BCUT2D eigenvalue weighted by atomic mass is 9.95. The highest BCUT2D eigenvalue weighted by Crippen LogP contribution is 2.21. The second-order valence-corrected chi connectivity index (χ2v) is 5.85.